The van der Waals surface area contributed by atoms with E-state index in [0.717, 1.165) is 50.6 Å². The molecule has 1 aliphatic rings. The number of β-amino-alcohol motifs (C(OH)–C–C–N with tert-alkyl or cyclic N) is 1. The molecule has 0 spiro atoms. The molecular formula is C21H36N2O3. The molecular weight excluding hydrogens is 328 g/mol. The lowest BCUT2D eigenvalue weighted by molar-refractivity contribution is 0.0146. The summed E-state index contributed by atoms with van der Waals surface area (Å²) < 4.78 is 11.1. The number of benzene rings is 1. The third-order valence-corrected chi connectivity index (χ3v) is 4.97. The first-order chi connectivity index (χ1) is 12.7. The third kappa shape index (κ3) is 7.14. The first-order valence-electron chi connectivity index (χ1n) is 10.1. The van der Waals surface area contributed by atoms with Gasteiger partial charge in [0.15, 0.2) is 0 Å². The van der Waals surface area contributed by atoms with Crippen LogP contribution in [0.25, 0.3) is 0 Å². The van der Waals surface area contributed by atoms with Gasteiger partial charge in [-0.15, -0.1) is 0 Å². The fourth-order valence-corrected chi connectivity index (χ4v) is 3.44. The van der Waals surface area contributed by atoms with Gasteiger partial charge in [-0.2, -0.15) is 0 Å². The van der Waals surface area contributed by atoms with Crippen LogP contribution in [0.2, 0.25) is 0 Å². The lowest BCUT2D eigenvalue weighted by Crippen LogP contribution is -2.49. The van der Waals surface area contributed by atoms with Gasteiger partial charge in [-0.05, 0) is 18.6 Å². The number of unbranched alkanes of at least 4 members (excludes halogenated alkanes) is 4. The molecule has 2 rings (SSSR count). The SMILES string of the molecule is CCCCCCCOCC(O)CN1CCN(c2ccccc2OC)CC1. The highest BCUT2D eigenvalue weighted by Crippen LogP contribution is 2.28. The number of nitrogens with zero attached hydrogens (tertiary/aromatic N) is 2. The lowest BCUT2D eigenvalue weighted by Gasteiger charge is -2.37. The molecule has 0 bridgehead atoms. The molecule has 1 saturated heterocycles. The summed E-state index contributed by atoms with van der Waals surface area (Å²) in [4.78, 5) is 4.68. The van der Waals surface area contributed by atoms with Crippen molar-refractivity contribution in [1.29, 1.82) is 0 Å². The van der Waals surface area contributed by atoms with Gasteiger partial charge in [-0.3, -0.25) is 4.90 Å². The zero-order valence-corrected chi connectivity index (χ0v) is 16.5. The molecule has 1 aliphatic heterocycles. The van der Waals surface area contributed by atoms with Crippen LogP contribution < -0.4 is 9.64 Å². The Hall–Kier alpha value is -1.30. The van der Waals surface area contributed by atoms with Gasteiger partial charge < -0.3 is 19.5 Å². The summed E-state index contributed by atoms with van der Waals surface area (Å²) in [5.41, 5.74) is 1.15. The van der Waals surface area contributed by atoms with E-state index >= 15 is 0 Å². The summed E-state index contributed by atoms with van der Waals surface area (Å²) in [7, 11) is 1.72. The molecule has 5 nitrogen and oxygen atoms in total. The Morgan fingerprint density at radius 1 is 1.04 bits per heavy atom. The monoisotopic (exact) mass is 364 g/mol. The van der Waals surface area contributed by atoms with E-state index in [1.54, 1.807) is 7.11 Å². The Bertz CT molecular complexity index is 490. The van der Waals surface area contributed by atoms with Crippen molar-refractivity contribution in [3.63, 3.8) is 0 Å². The van der Waals surface area contributed by atoms with Crippen LogP contribution in [0.3, 0.4) is 0 Å². The molecule has 0 saturated carbocycles. The summed E-state index contributed by atoms with van der Waals surface area (Å²) >= 11 is 0. The number of hydrogen-bond donors (Lipinski definition) is 1. The molecule has 1 heterocycles. The normalized spacial score (nSPS) is 16.7. The highest BCUT2D eigenvalue weighted by atomic mass is 16.5. The van der Waals surface area contributed by atoms with Gasteiger partial charge in [-0.25, -0.2) is 0 Å². The third-order valence-electron chi connectivity index (χ3n) is 4.97. The molecule has 26 heavy (non-hydrogen) atoms. The van der Waals surface area contributed by atoms with E-state index in [0.29, 0.717) is 13.2 Å². The van der Waals surface area contributed by atoms with Gasteiger partial charge in [0.05, 0.1) is 25.5 Å². The zero-order valence-electron chi connectivity index (χ0n) is 16.5. The number of aliphatic hydroxyl groups is 1. The first kappa shape index (κ1) is 21.0. The second kappa shape index (κ2) is 12.2. The van der Waals surface area contributed by atoms with Crippen molar-refractivity contribution in [3.05, 3.63) is 24.3 Å². The molecule has 1 aromatic carbocycles. The zero-order chi connectivity index (χ0) is 18.6. The molecule has 0 amide bonds. The predicted octanol–water partition coefficient (Wildman–Crippen LogP) is 3.17. The molecule has 148 valence electrons. The van der Waals surface area contributed by atoms with Gasteiger partial charge in [-0.1, -0.05) is 44.7 Å². The van der Waals surface area contributed by atoms with Gasteiger partial charge >= 0.3 is 0 Å². The van der Waals surface area contributed by atoms with Crippen LogP contribution >= 0.6 is 0 Å². The number of ether oxygens (including phenoxy) is 2. The van der Waals surface area contributed by atoms with Gasteiger partial charge in [0.2, 0.25) is 0 Å². The summed E-state index contributed by atoms with van der Waals surface area (Å²) in [5.74, 6) is 0.924. The summed E-state index contributed by atoms with van der Waals surface area (Å²) in [6.07, 6.45) is 5.80. The molecule has 1 aromatic rings. The molecule has 1 unspecified atom stereocenters. The molecule has 0 aromatic heterocycles. The molecule has 1 atom stereocenters. The summed E-state index contributed by atoms with van der Waals surface area (Å²) in [6, 6.07) is 8.16. The molecule has 0 radical (unpaired) electrons. The van der Waals surface area contributed by atoms with E-state index in [1.807, 2.05) is 18.2 Å². The number of hydrogen-bond acceptors (Lipinski definition) is 5. The Morgan fingerprint density at radius 3 is 2.50 bits per heavy atom. The van der Waals surface area contributed by atoms with E-state index in [1.165, 1.54) is 25.7 Å². The Balaban J connectivity index is 1.61. The van der Waals surface area contributed by atoms with Crippen LogP contribution in [-0.2, 0) is 4.74 Å². The number of rotatable bonds is 12. The molecule has 1 N–H and O–H groups in total. The topological polar surface area (TPSA) is 45.2 Å². The van der Waals surface area contributed by atoms with Crippen molar-refractivity contribution in [2.75, 3.05) is 57.9 Å². The van der Waals surface area contributed by atoms with E-state index in [4.69, 9.17) is 9.47 Å². The van der Waals surface area contributed by atoms with Gasteiger partial charge in [0.1, 0.15) is 5.75 Å². The number of aliphatic hydroxyl groups excluding tert-OH is 1. The standard InChI is InChI=1S/C21H36N2O3/c1-3-4-5-6-9-16-26-18-19(24)17-22-12-14-23(15-13-22)20-10-7-8-11-21(20)25-2/h7-8,10-11,19,24H,3-6,9,12-18H2,1-2H3. The van der Waals surface area contributed by atoms with Crippen LogP contribution in [0.5, 0.6) is 5.75 Å². The smallest absolute Gasteiger partial charge is 0.142 e. The van der Waals surface area contributed by atoms with Crippen molar-refractivity contribution < 1.29 is 14.6 Å². The van der Waals surface area contributed by atoms with E-state index in [9.17, 15) is 5.11 Å². The average molecular weight is 365 g/mol. The minimum absolute atomic E-state index is 0.400. The minimum Gasteiger partial charge on any atom is -0.495 e. The molecule has 5 heteroatoms. The number of piperazine rings is 1. The summed E-state index contributed by atoms with van der Waals surface area (Å²) in [6.45, 7) is 7.93. The largest absolute Gasteiger partial charge is 0.495 e. The highest BCUT2D eigenvalue weighted by Gasteiger charge is 2.21. The maximum Gasteiger partial charge on any atom is 0.142 e. The van der Waals surface area contributed by atoms with Crippen molar-refractivity contribution in [1.82, 2.24) is 4.90 Å². The van der Waals surface area contributed by atoms with E-state index in [-0.39, 0.29) is 0 Å². The van der Waals surface area contributed by atoms with E-state index in [2.05, 4.69) is 22.8 Å². The van der Waals surface area contributed by atoms with Crippen LogP contribution in [-0.4, -0.2) is 69.2 Å². The molecule has 0 aliphatic carbocycles. The second-order valence-corrected chi connectivity index (χ2v) is 7.10. The fraction of sp³-hybridized carbons (Fsp3) is 0.714. The van der Waals surface area contributed by atoms with Gasteiger partial charge in [0.25, 0.3) is 0 Å². The van der Waals surface area contributed by atoms with Crippen molar-refractivity contribution >= 4 is 5.69 Å². The average Bonchev–Trinajstić information content (AvgIpc) is 2.68. The highest BCUT2D eigenvalue weighted by molar-refractivity contribution is 5.58. The van der Waals surface area contributed by atoms with Crippen LogP contribution in [0, 0.1) is 0 Å². The Labute approximate surface area is 158 Å². The maximum atomic E-state index is 10.2. The van der Waals surface area contributed by atoms with Crippen LogP contribution in [0.1, 0.15) is 39.0 Å². The van der Waals surface area contributed by atoms with E-state index < -0.39 is 6.10 Å². The number of para-hydroxylation sites is 2. The summed E-state index contributed by atoms with van der Waals surface area (Å²) in [5, 5.41) is 10.2. The lowest BCUT2D eigenvalue weighted by atomic mass is 10.2. The predicted molar refractivity (Wildman–Crippen MR) is 107 cm³/mol. The Morgan fingerprint density at radius 2 is 1.77 bits per heavy atom. The minimum atomic E-state index is -0.400. The van der Waals surface area contributed by atoms with Crippen molar-refractivity contribution in [3.8, 4) is 5.75 Å². The quantitative estimate of drug-likeness (QED) is 0.577. The number of methoxy groups -OCH3 is 1. The van der Waals surface area contributed by atoms with Crippen molar-refractivity contribution in [2.24, 2.45) is 0 Å². The molecule has 1 fully saturated rings. The first-order valence-corrected chi connectivity index (χ1v) is 10.1. The number of anilines is 1. The fourth-order valence-electron chi connectivity index (χ4n) is 3.44. The van der Waals surface area contributed by atoms with Gasteiger partial charge in [0, 0.05) is 39.3 Å². The second-order valence-electron chi connectivity index (χ2n) is 7.10. The van der Waals surface area contributed by atoms with Crippen molar-refractivity contribution in [2.45, 2.75) is 45.1 Å². The Kier molecular flexibility index (Phi) is 9.82. The maximum absolute atomic E-state index is 10.2. The van der Waals surface area contributed by atoms with Crippen LogP contribution in [0.15, 0.2) is 24.3 Å². The van der Waals surface area contributed by atoms with Crippen LogP contribution in [0.4, 0.5) is 5.69 Å².